The molecule has 0 amide bonds. The second-order valence-corrected chi connectivity index (χ2v) is 4.66. The first-order valence-corrected chi connectivity index (χ1v) is 6.14. The Morgan fingerprint density at radius 2 is 2.06 bits per heavy atom. The van der Waals surface area contributed by atoms with E-state index in [2.05, 4.69) is 12.2 Å². The fraction of sp³-hybridized carbons (Fsp3) is 0.571. The van der Waals surface area contributed by atoms with E-state index >= 15 is 0 Å². The van der Waals surface area contributed by atoms with Gasteiger partial charge >= 0.3 is 0 Å². The van der Waals surface area contributed by atoms with Crippen LogP contribution in [0.5, 0.6) is 5.75 Å². The molecule has 0 spiro atoms. The first-order chi connectivity index (χ1) is 8.09. The van der Waals surface area contributed by atoms with E-state index in [0.29, 0.717) is 13.0 Å². The number of hydrogen-bond donors (Lipinski definition) is 2. The Morgan fingerprint density at radius 1 is 1.35 bits per heavy atom. The molecule has 0 bridgehead atoms. The van der Waals surface area contributed by atoms with Gasteiger partial charge < -0.3 is 15.2 Å². The normalized spacial score (nSPS) is 14.4. The van der Waals surface area contributed by atoms with Crippen LogP contribution < -0.4 is 10.1 Å². The summed E-state index contributed by atoms with van der Waals surface area (Å²) in [7, 11) is 1.66. The van der Waals surface area contributed by atoms with Crippen molar-refractivity contribution >= 4 is 0 Å². The maximum Gasteiger partial charge on any atom is 0.122 e. The Kier molecular flexibility index (Phi) is 5.45. The SMILES string of the molecule is CCCNCC(C)(O)Cc1ccccc1OC. The summed E-state index contributed by atoms with van der Waals surface area (Å²) in [6.07, 6.45) is 1.67. The number of hydrogen-bond acceptors (Lipinski definition) is 3. The van der Waals surface area contributed by atoms with Gasteiger partial charge in [-0.05, 0) is 31.5 Å². The topological polar surface area (TPSA) is 41.5 Å². The van der Waals surface area contributed by atoms with Gasteiger partial charge in [0.15, 0.2) is 0 Å². The minimum atomic E-state index is -0.746. The van der Waals surface area contributed by atoms with Gasteiger partial charge in [-0.3, -0.25) is 0 Å². The molecule has 0 aliphatic carbocycles. The summed E-state index contributed by atoms with van der Waals surface area (Å²) in [6.45, 7) is 5.49. The maximum absolute atomic E-state index is 10.3. The zero-order chi connectivity index (χ0) is 12.7. The molecule has 17 heavy (non-hydrogen) atoms. The molecule has 1 aromatic carbocycles. The number of aliphatic hydroxyl groups is 1. The molecule has 0 radical (unpaired) electrons. The fourth-order valence-corrected chi connectivity index (χ4v) is 1.86. The lowest BCUT2D eigenvalue weighted by atomic mass is 9.96. The Morgan fingerprint density at radius 3 is 2.71 bits per heavy atom. The number of ether oxygens (including phenoxy) is 1. The first-order valence-electron chi connectivity index (χ1n) is 6.14. The standard InChI is InChI=1S/C14H23NO2/c1-4-9-15-11-14(2,16)10-12-7-5-6-8-13(12)17-3/h5-8,15-16H,4,9-11H2,1-3H3. The minimum absolute atomic E-state index is 0.591. The molecule has 0 saturated carbocycles. The van der Waals surface area contributed by atoms with Gasteiger partial charge in [0.1, 0.15) is 5.75 Å². The second-order valence-electron chi connectivity index (χ2n) is 4.66. The summed E-state index contributed by atoms with van der Waals surface area (Å²) in [5, 5.41) is 13.5. The molecule has 0 aliphatic heterocycles. The molecule has 1 atom stereocenters. The summed E-state index contributed by atoms with van der Waals surface area (Å²) < 4.78 is 5.29. The second kappa shape index (κ2) is 6.62. The largest absolute Gasteiger partial charge is 0.496 e. The van der Waals surface area contributed by atoms with Crippen LogP contribution in [0.3, 0.4) is 0 Å². The van der Waals surface area contributed by atoms with E-state index in [0.717, 1.165) is 24.3 Å². The fourth-order valence-electron chi connectivity index (χ4n) is 1.86. The molecule has 1 aromatic rings. The predicted octanol–water partition coefficient (Wildman–Crippen LogP) is 1.99. The van der Waals surface area contributed by atoms with Crippen molar-refractivity contribution in [1.29, 1.82) is 0 Å². The van der Waals surface area contributed by atoms with Gasteiger partial charge in [0.25, 0.3) is 0 Å². The lowest BCUT2D eigenvalue weighted by Gasteiger charge is -2.24. The molecular weight excluding hydrogens is 214 g/mol. The van der Waals surface area contributed by atoms with E-state index < -0.39 is 5.60 Å². The van der Waals surface area contributed by atoms with E-state index in [1.54, 1.807) is 7.11 Å². The van der Waals surface area contributed by atoms with Crippen molar-refractivity contribution in [2.45, 2.75) is 32.3 Å². The summed E-state index contributed by atoms with van der Waals surface area (Å²) in [4.78, 5) is 0. The van der Waals surface area contributed by atoms with Crippen LogP contribution in [0.15, 0.2) is 24.3 Å². The Bertz CT molecular complexity index is 337. The van der Waals surface area contributed by atoms with Crippen molar-refractivity contribution in [1.82, 2.24) is 5.32 Å². The average Bonchev–Trinajstić information content (AvgIpc) is 2.29. The number of para-hydroxylation sites is 1. The highest BCUT2D eigenvalue weighted by Crippen LogP contribution is 2.22. The van der Waals surface area contributed by atoms with Crippen LogP contribution in [0, 0.1) is 0 Å². The zero-order valence-corrected chi connectivity index (χ0v) is 11.0. The Labute approximate surface area is 104 Å². The molecule has 1 unspecified atom stereocenters. The molecule has 0 fully saturated rings. The smallest absolute Gasteiger partial charge is 0.122 e. The number of benzene rings is 1. The molecule has 0 saturated heterocycles. The quantitative estimate of drug-likeness (QED) is 0.713. The van der Waals surface area contributed by atoms with E-state index in [-0.39, 0.29) is 0 Å². The van der Waals surface area contributed by atoms with Crippen LogP contribution in [0.2, 0.25) is 0 Å². The number of methoxy groups -OCH3 is 1. The van der Waals surface area contributed by atoms with Crippen LogP contribution in [0.1, 0.15) is 25.8 Å². The van der Waals surface area contributed by atoms with Crippen molar-refractivity contribution in [3.05, 3.63) is 29.8 Å². The molecule has 2 N–H and O–H groups in total. The molecule has 0 heterocycles. The lowest BCUT2D eigenvalue weighted by Crippen LogP contribution is -2.40. The van der Waals surface area contributed by atoms with Crippen LogP contribution in [0.25, 0.3) is 0 Å². The first kappa shape index (κ1) is 14.0. The summed E-state index contributed by atoms with van der Waals surface area (Å²) in [5.41, 5.74) is 0.294. The van der Waals surface area contributed by atoms with Gasteiger partial charge in [-0.1, -0.05) is 25.1 Å². The monoisotopic (exact) mass is 237 g/mol. The highest BCUT2D eigenvalue weighted by atomic mass is 16.5. The van der Waals surface area contributed by atoms with Crippen molar-refractivity contribution in [2.75, 3.05) is 20.2 Å². The van der Waals surface area contributed by atoms with Crippen molar-refractivity contribution in [3.8, 4) is 5.75 Å². The Hall–Kier alpha value is -1.06. The number of rotatable bonds is 7. The molecule has 3 nitrogen and oxygen atoms in total. The highest BCUT2D eigenvalue weighted by Gasteiger charge is 2.21. The third-order valence-corrected chi connectivity index (χ3v) is 2.70. The van der Waals surface area contributed by atoms with Crippen molar-refractivity contribution < 1.29 is 9.84 Å². The summed E-state index contributed by atoms with van der Waals surface area (Å²) in [6, 6.07) is 7.82. The zero-order valence-electron chi connectivity index (χ0n) is 11.0. The summed E-state index contributed by atoms with van der Waals surface area (Å²) in [5.74, 6) is 0.836. The van der Waals surface area contributed by atoms with E-state index in [1.165, 1.54) is 0 Å². The van der Waals surface area contributed by atoms with E-state index in [4.69, 9.17) is 4.74 Å². The molecule has 1 rings (SSSR count). The van der Waals surface area contributed by atoms with Crippen LogP contribution in [-0.4, -0.2) is 30.9 Å². The van der Waals surface area contributed by atoms with Crippen LogP contribution >= 0.6 is 0 Å². The van der Waals surface area contributed by atoms with Gasteiger partial charge in [-0.2, -0.15) is 0 Å². The molecule has 96 valence electrons. The van der Waals surface area contributed by atoms with Crippen molar-refractivity contribution in [3.63, 3.8) is 0 Å². The van der Waals surface area contributed by atoms with Crippen LogP contribution in [-0.2, 0) is 6.42 Å². The Balaban J connectivity index is 2.62. The highest BCUT2D eigenvalue weighted by molar-refractivity contribution is 5.34. The van der Waals surface area contributed by atoms with Crippen molar-refractivity contribution in [2.24, 2.45) is 0 Å². The third kappa shape index (κ3) is 4.75. The third-order valence-electron chi connectivity index (χ3n) is 2.70. The summed E-state index contributed by atoms with van der Waals surface area (Å²) >= 11 is 0. The molecule has 0 aliphatic rings. The van der Waals surface area contributed by atoms with Crippen LogP contribution in [0.4, 0.5) is 0 Å². The van der Waals surface area contributed by atoms with E-state index in [9.17, 15) is 5.11 Å². The minimum Gasteiger partial charge on any atom is -0.496 e. The average molecular weight is 237 g/mol. The lowest BCUT2D eigenvalue weighted by molar-refractivity contribution is 0.0597. The maximum atomic E-state index is 10.3. The molecule has 0 aromatic heterocycles. The van der Waals surface area contributed by atoms with Gasteiger partial charge in [-0.15, -0.1) is 0 Å². The number of nitrogens with one attached hydrogen (secondary N) is 1. The molecular formula is C14H23NO2. The predicted molar refractivity (Wildman–Crippen MR) is 70.5 cm³/mol. The van der Waals surface area contributed by atoms with Gasteiger partial charge in [-0.25, -0.2) is 0 Å². The van der Waals surface area contributed by atoms with Gasteiger partial charge in [0.2, 0.25) is 0 Å². The van der Waals surface area contributed by atoms with Gasteiger partial charge in [0.05, 0.1) is 12.7 Å². The van der Waals surface area contributed by atoms with Gasteiger partial charge in [0, 0.05) is 13.0 Å². The molecule has 3 heteroatoms. The van der Waals surface area contributed by atoms with E-state index in [1.807, 2.05) is 31.2 Å².